The van der Waals surface area contributed by atoms with Crippen LogP contribution < -0.4 is 5.32 Å². The molecule has 1 aromatic heterocycles. The number of hydrogen-bond donors (Lipinski definition) is 1. The maximum atomic E-state index is 14.8. The molecular formula is C19H20F2N4. The van der Waals surface area contributed by atoms with Crippen LogP contribution in [-0.2, 0) is 12.0 Å². The van der Waals surface area contributed by atoms with Crippen LogP contribution in [0, 0.1) is 0 Å². The Kier molecular flexibility index (Phi) is 3.44. The van der Waals surface area contributed by atoms with Crippen LogP contribution in [0.2, 0.25) is 0 Å². The highest BCUT2D eigenvalue weighted by atomic mass is 19.1. The van der Waals surface area contributed by atoms with E-state index in [2.05, 4.69) is 15.5 Å². The van der Waals surface area contributed by atoms with E-state index in [1.807, 2.05) is 51.1 Å². The Morgan fingerprint density at radius 3 is 2.56 bits per heavy atom. The Bertz CT molecular complexity index is 895. The van der Waals surface area contributed by atoms with Crippen molar-refractivity contribution in [2.45, 2.75) is 44.7 Å². The summed E-state index contributed by atoms with van der Waals surface area (Å²) in [5, 5.41) is 12.0. The van der Waals surface area contributed by atoms with Gasteiger partial charge in [0, 0.05) is 18.9 Å². The molecule has 6 heteroatoms. The molecule has 0 spiro atoms. The van der Waals surface area contributed by atoms with Crippen molar-refractivity contribution >= 4 is 5.70 Å². The van der Waals surface area contributed by atoms with Gasteiger partial charge in [0.2, 0.25) is 0 Å². The van der Waals surface area contributed by atoms with Crippen molar-refractivity contribution < 1.29 is 8.78 Å². The van der Waals surface area contributed by atoms with Crippen LogP contribution in [0.5, 0.6) is 0 Å². The first-order chi connectivity index (χ1) is 11.8. The Hall–Kier alpha value is -2.34. The molecule has 25 heavy (non-hydrogen) atoms. The first-order valence-electron chi connectivity index (χ1n) is 8.35. The largest absolute Gasteiger partial charge is 0.294 e. The molecule has 1 atom stereocenters. The summed E-state index contributed by atoms with van der Waals surface area (Å²) in [5.74, 6) is 0.248. The van der Waals surface area contributed by atoms with Crippen molar-refractivity contribution in [2.75, 3.05) is 0 Å². The van der Waals surface area contributed by atoms with Crippen LogP contribution in [0.25, 0.3) is 5.70 Å². The van der Waals surface area contributed by atoms with Crippen molar-refractivity contribution in [1.82, 2.24) is 20.1 Å². The molecule has 0 radical (unpaired) electrons. The molecular weight excluding hydrogens is 322 g/mol. The number of nitrogens with zero attached hydrogens (tertiary/aromatic N) is 3. The van der Waals surface area contributed by atoms with Gasteiger partial charge in [0.25, 0.3) is 0 Å². The zero-order chi connectivity index (χ0) is 17.8. The summed E-state index contributed by atoms with van der Waals surface area (Å²) in [6.07, 6.45) is 1.59. The van der Waals surface area contributed by atoms with E-state index in [0.717, 1.165) is 11.6 Å². The van der Waals surface area contributed by atoms with Gasteiger partial charge < -0.3 is 0 Å². The number of aromatic nitrogens is 3. The van der Waals surface area contributed by atoms with E-state index in [-0.39, 0.29) is 6.42 Å². The second-order valence-corrected chi connectivity index (χ2v) is 7.48. The summed E-state index contributed by atoms with van der Waals surface area (Å²) in [5.41, 5.74) is 0.0409. The molecule has 1 aliphatic heterocycles. The lowest BCUT2D eigenvalue weighted by Crippen LogP contribution is -2.59. The average Bonchev–Trinajstić information content (AvgIpc) is 2.90. The molecule has 0 fully saturated rings. The third kappa shape index (κ3) is 2.52. The molecule has 4 nitrogen and oxygen atoms in total. The molecule has 0 bridgehead atoms. The minimum absolute atomic E-state index is 0.0988. The molecule has 0 amide bonds. The van der Waals surface area contributed by atoms with E-state index in [9.17, 15) is 8.78 Å². The van der Waals surface area contributed by atoms with Crippen LogP contribution in [-0.4, -0.2) is 20.3 Å². The maximum absolute atomic E-state index is 14.8. The average molecular weight is 342 g/mol. The van der Waals surface area contributed by atoms with Crippen LogP contribution >= 0.6 is 0 Å². The summed E-state index contributed by atoms with van der Waals surface area (Å²) >= 11 is 0. The lowest BCUT2D eigenvalue weighted by molar-refractivity contribution is 0.240. The lowest BCUT2D eigenvalue weighted by atomic mass is 9.82. The Labute approximate surface area is 145 Å². The standard InChI is InChI=1S/C19H20F2N4/c1-18(2)17-23-22-15(9-12-7-5-4-6-8-12)25(17)16-14(21)10-13(20)11-19(16,3)24-18/h4-8,10,24H,9,11H2,1-3H3. The van der Waals surface area contributed by atoms with Crippen LogP contribution in [0.15, 0.2) is 48.1 Å². The third-order valence-electron chi connectivity index (χ3n) is 4.86. The molecule has 1 unspecified atom stereocenters. The molecule has 0 saturated carbocycles. The van der Waals surface area contributed by atoms with Gasteiger partial charge in [0.1, 0.15) is 17.5 Å². The highest BCUT2D eigenvalue weighted by molar-refractivity contribution is 5.67. The Balaban J connectivity index is 1.92. The Morgan fingerprint density at radius 1 is 1.12 bits per heavy atom. The quantitative estimate of drug-likeness (QED) is 0.901. The second-order valence-electron chi connectivity index (χ2n) is 7.48. The molecule has 1 aromatic carbocycles. The first-order valence-corrected chi connectivity index (χ1v) is 8.35. The van der Waals surface area contributed by atoms with Crippen LogP contribution in [0.1, 0.15) is 44.4 Å². The fourth-order valence-corrected chi connectivity index (χ4v) is 3.99. The van der Waals surface area contributed by atoms with E-state index in [0.29, 0.717) is 23.8 Å². The minimum Gasteiger partial charge on any atom is -0.294 e. The monoisotopic (exact) mass is 342 g/mol. The van der Waals surface area contributed by atoms with E-state index >= 15 is 0 Å². The number of nitrogens with one attached hydrogen (secondary N) is 1. The highest BCUT2D eigenvalue weighted by Crippen LogP contribution is 2.45. The molecule has 1 N–H and O–H groups in total. The fourth-order valence-electron chi connectivity index (χ4n) is 3.99. The number of benzene rings is 1. The topological polar surface area (TPSA) is 42.7 Å². The van der Waals surface area contributed by atoms with Crippen molar-refractivity contribution in [3.05, 3.63) is 65.3 Å². The van der Waals surface area contributed by atoms with Crippen molar-refractivity contribution in [1.29, 1.82) is 0 Å². The second kappa shape index (κ2) is 5.33. The van der Waals surface area contributed by atoms with Crippen LogP contribution in [0.3, 0.4) is 0 Å². The summed E-state index contributed by atoms with van der Waals surface area (Å²) in [6, 6.07) is 9.86. The third-order valence-corrected chi connectivity index (χ3v) is 4.86. The fraction of sp³-hybridized carbons (Fsp3) is 0.368. The zero-order valence-corrected chi connectivity index (χ0v) is 14.5. The number of hydrogen-bond acceptors (Lipinski definition) is 3. The summed E-state index contributed by atoms with van der Waals surface area (Å²) < 4.78 is 30.5. The van der Waals surface area contributed by atoms with E-state index < -0.39 is 22.7 Å². The molecule has 0 saturated heterocycles. The van der Waals surface area contributed by atoms with E-state index in [1.54, 1.807) is 4.57 Å². The smallest absolute Gasteiger partial charge is 0.157 e. The first kappa shape index (κ1) is 16.1. The number of halogens is 2. The Morgan fingerprint density at radius 2 is 1.84 bits per heavy atom. The van der Waals surface area contributed by atoms with E-state index in [1.165, 1.54) is 0 Å². The highest BCUT2D eigenvalue weighted by Gasteiger charge is 2.49. The normalized spacial score (nSPS) is 24.6. The number of fused-ring (bicyclic) bond motifs is 3. The molecule has 2 aromatic rings. The number of allylic oxidation sites excluding steroid dienone is 2. The van der Waals surface area contributed by atoms with Gasteiger partial charge in [-0.05, 0) is 26.3 Å². The van der Waals surface area contributed by atoms with Gasteiger partial charge in [0.05, 0.1) is 16.8 Å². The predicted octanol–water partition coefficient (Wildman–Crippen LogP) is 3.86. The van der Waals surface area contributed by atoms with Gasteiger partial charge in [-0.2, -0.15) is 0 Å². The summed E-state index contributed by atoms with van der Waals surface area (Å²) in [6.45, 7) is 5.73. The lowest BCUT2D eigenvalue weighted by Gasteiger charge is -2.47. The molecule has 2 aliphatic rings. The molecule has 1 aliphatic carbocycles. The number of rotatable bonds is 2. The van der Waals surface area contributed by atoms with Gasteiger partial charge >= 0.3 is 0 Å². The zero-order valence-electron chi connectivity index (χ0n) is 14.5. The van der Waals surface area contributed by atoms with Gasteiger partial charge in [-0.1, -0.05) is 30.3 Å². The predicted molar refractivity (Wildman–Crippen MR) is 92.0 cm³/mol. The maximum Gasteiger partial charge on any atom is 0.157 e. The van der Waals surface area contributed by atoms with Crippen molar-refractivity contribution in [2.24, 2.45) is 0 Å². The van der Waals surface area contributed by atoms with E-state index in [4.69, 9.17) is 0 Å². The minimum atomic E-state index is -0.854. The van der Waals surface area contributed by atoms with Crippen molar-refractivity contribution in [3.63, 3.8) is 0 Å². The van der Waals surface area contributed by atoms with Gasteiger partial charge in [-0.25, -0.2) is 8.78 Å². The van der Waals surface area contributed by atoms with Gasteiger partial charge in [-0.3, -0.25) is 9.88 Å². The van der Waals surface area contributed by atoms with Crippen LogP contribution in [0.4, 0.5) is 8.78 Å². The SMILES string of the molecule is CC12CC(F)=CC(F)=C1n1c(Cc3ccccc3)nnc1C(C)(C)N2. The molecule has 2 heterocycles. The molecule has 4 rings (SSSR count). The van der Waals surface area contributed by atoms with Gasteiger partial charge in [-0.15, -0.1) is 10.2 Å². The summed E-state index contributed by atoms with van der Waals surface area (Å²) in [7, 11) is 0. The molecule has 130 valence electrons. The van der Waals surface area contributed by atoms with Crippen molar-refractivity contribution in [3.8, 4) is 0 Å². The summed E-state index contributed by atoms with van der Waals surface area (Å²) in [4.78, 5) is 0. The van der Waals surface area contributed by atoms with Gasteiger partial charge in [0.15, 0.2) is 5.82 Å².